The van der Waals surface area contributed by atoms with E-state index in [1.807, 2.05) is 0 Å². The Labute approximate surface area is 232 Å². The van der Waals surface area contributed by atoms with Crippen LogP contribution in [0.15, 0.2) is 36.5 Å². The summed E-state index contributed by atoms with van der Waals surface area (Å²) in [5.41, 5.74) is 2.35. The van der Waals surface area contributed by atoms with Crippen LogP contribution in [-0.4, -0.2) is 146 Å². The Bertz CT molecular complexity index is 673. The summed E-state index contributed by atoms with van der Waals surface area (Å²) in [5.74, 6) is 0. The van der Waals surface area contributed by atoms with Crippen LogP contribution in [0.5, 0.6) is 0 Å². The summed E-state index contributed by atoms with van der Waals surface area (Å²) in [6, 6.07) is 0. The first-order chi connectivity index (χ1) is 18.4. The molecule has 0 saturated heterocycles. The Morgan fingerprint density at radius 2 is 0.949 bits per heavy atom. The summed E-state index contributed by atoms with van der Waals surface area (Å²) in [6.45, 7) is 15.4. The van der Waals surface area contributed by atoms with Gasteiger partial charge in [0.05, 0.1) is 72.7 Å². The van der Waals surface area contributed by atoms with E-state index >= 15 is 0 Å². The number of hydrogen-bond donors (Lipinski definition) is 6. The Morgan fingerprint density at radius 1 is 0.564 bits per heavy atom. The van der Waals surface area contributed by atoms with Crippen LogP contribution < -0.4 is 0 Å². The number of ether oxygens (including phenoxy) is 6. The molecule has 0 fully saturated rings. The van der Waals surface area contributed by atoms with Crippen molar-refractivity contribution in [3.05, 3.63) is 36.5 Å². The standard InChI is InChI=1S/C27H50O12/c1-18(2)8-34-11-21(29)12-37-17-25(38-15-22(30)13-35-9-19(3)4)27(26(33)24(32)7-28)39-16-23(31)14-36-10-20(5)6/h21-33H,1,3,5,7-17H2,2,4,6H3. The number of aliphatic hydroxyl groups is 6. The summed E-state index contributed by atoms with van der Waals surface area (Å²) in [5, 5.41) is 60.8. The Morgan fingerprint density at radius 3 is 1.36 bits per heavy atom. The van der Waals surface area contributed by atoms with Crippen LogP contribution in [0.25, 0.3) is 0 Å². The van der Waals surface area contributed by atoms with Gasteiger partial charge in [0.2, 0.25) is 0 Å². The van der Waals surface area contributed by atoms with Crippen LogP contribution in [0.4, 0.5) is 0 Å². The van der Waals surface area contributed by atoms with Crippen molar-refractivity contribution >= 4 is 0 Å². The van der Waals surface area contributed by atoms with Gasteiger partial charge in [-0.1, -0.05) is 36.5 Å². The van der Waals surface area contributed by atoms with Gasteiger partial charge < -0.3 is 59.1 Å². The highest BCUT2D eigenvalue weighted by Gasteiger charge is 2.35. The first kappa shape index (κ1) is 37.7. The minimum atomic E-state index is -1.65. The Kier molecular flexibility index (Phi) is 21.7. The maximum Gasteiger partial charge on any atom is 0.114 e. The first-order valence-electron chi connectivity index (χ1n) is 12.9. The molecule has 0 heterocycles. The van der Waals surface area contributed by atoms with Gasteiger partial charge in [-0.05, 0) is 20.8 Å². The van der Waals surface area contributed by atoms with Crippen LogP contribution in [0.3, 0.4) is 0 Å². The molecule has 12 nitrogen and oxygen atoms in total. The third-order valence-corrected chi connectivity index (χ3v) is 4.84. The summed E-state index contributed by atoms with van der Waals surface area (Å²) in [7, 11) is 0. The zero-order valence-corrected chi connectivity index (χ0v) is 23.6. The van der Waals surface area contributed by atoms with Crippen LogP contribution in [0, 0.1) is 0 Å². The van der Waals surface area contributed by atoms with E-state index < -0.39 is 49.3 Å². The Balaban J connectivity index is 5.35. The van der Waals surface area contributed by atoms with E-state index in [4.69, 9.17) is 28.4 Å². The zero-order chi connectivity index (χ0) is 29.8. The van der Waals surface area contributed by atoms with E-state index in [0.29, 0.717) is 0 Å². The van der Waals surface area contributed by atoms with E-state index in [9.17, 15) is 30.6 Å². The van der Waals surface area contributed by atoms with Gasteiger partial charge in [-0.15, -0.1) is 0 Å². The van der Waals surface area contributed by atoms with Crippen molar-refractivity contribution in [2.45, 2.75) is 63.5 Å². The third kappa shape index (κ3) is 20.3. The fourth-order valence-electron chi connectivity index (χ4n) is 3.02. The monoisotopic (exact) mass is 566 g/mol. The molecule has 0 aliphatic carbocycles. The Hall–Kier alpha value is -1.26. The highest BCUT2D eigenvalue weighted by Crippen LogP contribution is 2.15. The average Bonchev–Trinajstić information content (AvgIpc) is 2.85. The molecular weight excluding hydrogens is 516 g/mol. The molecule has 7 unspecified atom stereocenters. The number of rotatable bonds is 26. The lowest BCUT2D eigenvalue weighted by Gasteiger charge is -2.33. The van der Waals surface area contributed by atoms with Crippen molar-refractivity contribution in [3.8, 4) is 0 Å². The third-order valence-electron chi connectivity index (χ3n) is 4.84. The van der Waals surface area contributed by atoms with Crippen molar-refractivity contribution in [1.29, 1.82) is 0 Å². The lowest BCUT2D eigenvalue weighted by molar-refractivity contribution is -0.187. The predicted molar refractivity (Wildman–Crippen MR) is 144 cm³/mol. The van der Waals surface area contributed by atoms with Crippen LogP contribution in [0.2, 0.25) is 0 Å². The van der Waals surface area contributed by atoms with Gasteiger partial charge in [0.1, 0.15) is 42.7 Å². The van der Waals surface area contributed by atoms with Crippen molar-refractivity contribution in [1.82, 2.24) is 0 Å². The maximum absolute atomic E-state index is 10.7. The number of hydrogen-bond acceptors (Lipinski definition) is 12. The van der Waals surface area contributed by atoms with Gasteiger partial charge in [-0.3, -0.25) is 0 Å². The summed E-state index contributed by atoms with van der Waals surface area (Å²) < 4.78 is 33.0. The van der Waals surface area contributed by atoms with Crippen molar-refractivity contribution in [3.63, 3.8) is 0 Å². The molecule has 0 radical (unpaired) electrons. The van der Waals surface area contributed by atoms with E-state index in [0.717, 1.165) is 16.7 Å². The largest absolute Gasteiger partial charge is 0.394 e. The van der Waals surface area contributed by atoms with Crippen LogP contribution in [0.1, 0.15) is 20.8 Å². The van der Waals surface area contributed by atoms with Crippen molar-refractivity contribution in [2.24, 2.45) is 0 Å². The van der Waals surface area contributed by atoms with Crippen LogP contribution in [-0.2, 0) is 28.4 Å². The SMILES string of the molecule is C=C(C)COCC(O)COCC(OCC(O)COCC(=C)C)C(OCC(O)COCC(=C)C)C(O)C(O)CO. The normalized spacial score (nSPS) is 17.2. The fourth-order valence-corrected chi connectivity index (χ4v) is 3.02. The molecule has 0 aromatic rings. The molecule has 0 amide bonds. The molecule has 0 aromatic carbocycles. The van der Waals surface area contributed by atoms with E-state index in [1.165, 1.54) is 0 Å². The second-order valence-corrected chi connectivity index (χ2v) is 9.83. The van der Waals surface area contributed by atoms with Gasteiger partial charge in [-0.25, -0.2) is 0 Å². The molecule has 0 aliphatic rings. The van der Waals surface area contributed by atoms with Crippen LogP contribution >= 0.6 is 0 Å². The molecule has 230 valence electrons. The smallest absolute Gasteiger partial charge is 0.114 e. The number of aliphatic hydroxyl groups excluding tert-OH is 6. The highest BCUT2D eigenvalue weighted by atomic mass is 16.6. The molecule has 7 atom stereocenters. The van der Waals surface area contributed by atoms with Gasteiger partial charge in [-0.2, -0.15) is 0 Å². The molecule has 0 aliphatic heterocycles. The zero-order valence-electron chi connectivity index (χ0n) is 23.6. The highest BCUT2D eigenvalue weighted by molar-refractivity contribution is 4.89. The average molecular weight is 567 g/mol. The minimum absolute atomic E-state index is 0.000682. The second-order valence-electron chi connectivity index (χ2n) is 9.83. The lowest BCUT2D eigenvalue weighted by Crippen LogP contribution is -2.51. The molecule has 39 heavy (non-hydrogen) atoms. The van der Waals surface area contributed by atoms with Gasteiger partial charge in [0.25, 0.3) is 0 Å². The van der Waals surface area contributed by atoms with E-state index in [-0.39, 0.29) is 66.1 Å². The van der Waals surface area contributed by atoms with Gasteiger partial charge >= 0.3 is 0 Å². The molecule has 0 rings (SSSR count). The molecule has 6 N–H and O–H groups in total. The maximum atomic E-state index is 10.7. The van der Waals surface area contributed by atoms with Crippen molar-refractivity contribution < 1.29 is 59.1 Å². The summed E-state index contributed by atoms with van der Waals surface area (Å²) >= 11 is 0. The second kappa shape index (κ2) is 22.4. The minimum Gasteiger partial charge on any atom is -0.394 e. The fraction of sp³-hybridized carbons (Fsp3) is 0.778. The quantitative estimate of drug-likeness (QED) is 0.0731. The van der Waals surface area contributed by atoms with Gasteiger partial charge in [0.15, 0.2) is 0 Å². The predicted octanol–water partition coefficient (Wildman–Crippen LogP) is -0.652. The molecule has 0 bridgehead atoms. The van der Waals surface area contributed by atoms with Gasteiger partial charge in [0, 0.05) is 0 Å². The van der Waals surface area contributed by atoms with E-state index in [2.05, 4.69) is 19.7 Å². The van der Waals surface area contributed by atoms with Crippen molar-refractivity contribution in [2.75, 3.05) is 72.7 Å². The summed E-state index contributed by atoms with van der Waals surface area (Å²) in [6.07, 6.45) is -8.73. The topological polar surface area (TPSA) is 177 Å². The lowest BCUT2D eigenvalue weighted by atomic mass is 10.0. The molecule has 0 aromatic heterocycles. The molecule has 0 spiro atoms. The summed E-state index contributed by atoms with van der Waals surface area (Å²) in [4.78, 5) is 0. The molecule has 12 heteroatoms. The molecular formula is C27H50O12. The first-order valence-corrected chi connectivity index (χ1v) is 12.9. The van der Waals surface area contributed by atoms with E-state index in [1.54, 1.807) is 20.8 Å². The molecule has 0 saturated carbocycles.